The van der Waals surface area contributed by atoms with Crippen LogP contribution < -0.4 is 0 Å². The monoisotopic (exact) mass is 257 g/mol. The number of hydrogen-bond donors (Lipinski definition) is 0. The summed E-state index contributed by atoms with van der Waals surface area (Å²) in [5.41, 5.74) is 3.94. The zero-order valence-corrected chi connectivity index (χ0v) is 10.7. The molecular formula is C17H11N3. The first kappa shape index (κ1) is 12.1. The third-order valence-corrected chi connectivity index (χ3v) is 2.94. The van der Waals surface area contributed by atoms with Crippen LogP contribution >= 0.6 is 0 Å². The first-order valence-electron chi connectivity index (χ1n) is 6.18. The fourth-order valence-corrected chi connectivity index (χ4v) is 2.05. The van der Waals surface area contributed by atoms with Gasteiger partial charge in [0.1, 0.15) is 0 Å². The van der Waals surface area contributed by atoms with E-state index in [1.54, 1.807) is 18.6 Å². The lowest BCUT2D eigenvalue weighted by molar-refractivity contribution is 1.23. The van der Waals surface area contributed by atoms with Gasteiger partial charge in [-0.1, -0.05) is 18.1 Å². The SMILES string of the molecule is C#Cc1ccnc(-c2ccccn2)c1-c1ccccn1. The summed E-state index contributed by atoms with van der Waals surface area (Å²) in [6.07, 6.45) is 10.8. The minimum atomic E-state index is 0.750. The van der Waals surface area contributed by atoms with Gasteiger partial charge in [-0.15, -0.1) is 6.42 Å². The minimum Gasteiger partial charge on any atom is -0.256 e. The summed E-state index contributed by atoms with van der Waals surface area (Å²) in [5.74, 6) is 2.70. The van der Waals surface area contributed by atoms with Gasteiger partial charge in [-0.25, -0.2) is 0 Å². The van der Waals surface area contributed by atoms with Crippen molar-refractivity contribution in [3.8, 4) is 35.0 Å². The molecule has 0 atom stereocenters. The molecule has 0 aliphatic carbocycles. The van der Waals surface area contributed by atoms with E-state index in [0.717, 1.165) is 28.2 Å². The molecule has 0 bridgehead atoms. The third kappa shape index (κ3) is 2.15. The average Bonchev–Trinajstić information content (AvgIpc) is 2.55. The Balaban J connectivity index is 2.30. The molecule has 0 aromatic carbocycles. The first-order valence-corrected chi connectivity index (χ1v) is 6.18. The molecule has 3 nitrogen and oxygen atoms in total. The van der Waals surface area contributed by atoms with Crippen molar-refractivity contribution in [3.63, 3.8) is 0 Å². The molecule has 3 rings (SSSR count). The molecule has 3 aromatic heterocycles. The van der Waals surface area contributed by atoms with Crippen LogP contribution in [0.1, 0.15) is 5.56 Å². The van der Waals surface area contributed by atoms with Gasteiger partial charge in [0, 0.05) is 29.7 Å². The van der Waals surface area contributed by atoms with Crippen LogP contribution in [0.15, 0.2) is 61.1 Å². The van der Waals surface area contributed by atoms with Crippen LogP contribution in [0, 0.1) is 12.3 Å². The molecular weight excluding hydrogens is 246 g/mol. The molecule has 0 saturated carbocycles. The van der Waals surface area contributed by atoms with Gasteiger partial charge in [0.25, 0.3) is 0 Å². The Hall–Kier alpha value is -2.99. The molecule has 0 fully saturated rings. The predicted molar refractivity (Wildman–Crippen MR) is 78.6 cm³/mol. The Morgan fingerprint density at radius 2 is 1.45 bits per heavy atom. The highest BCUT2D eigenvalue weighted by Gasteiger charge is 2.14. The largest absolute Gasteiger partial charge is 0.256 e. The van der Waals surface area contributed by atoms with E-state index in [1.165, 1.54) is 0 Å². The molecule has 3 heteroatoms. The molecule has 0 spiro atoms. The van der Waals surface area contributed by atoms with Crippen LogP contribution in [-0.2, 0) is 0 Å². The summed E-state index contributed by atoms with van der Waals surface area (Å²) in [4.78, 5) is 13.2. The van der Waals surface area contributed by atoms with E-state index in [4.69, 9.17) is 6.42 Å². The fourth-order valence-electron chi connectivity index (χ4n) is 2.05. The summed E-state index contributed by atoms with van der Waals surface area (Å²) in [6.45, 7) is 0. The molecule has 0 unspecified atom stereocenters. The maximum absolute atomic E-state index is 5.61. The molecule has 3 heterocycles. The maximum Gasteiger partial charge on any atom is 0.0992 e. The second-order valence-electron chi connectivity index (χ2n) is 4.16. The Kier molecular flexibility index (Phi) is 3.22. The van der Waals surface area contributed by atoms with Crippen molar-refractivity contribution in [2.75, 3.05) is 0 Å². The number of hydrogen-bond acceptors (Lipinski definition) is 3. The van der Waals surface area contributed by atoms with E-state index in [2.05, 4.69) is 20.9 Å². The zero-order chi connectivity index (χ0) is 13.8. The molecule has 0 saturated heterocycles. The van der Waals surface area contributed by atoms with Crippen molar-refractivity contribution >= 4 is 0 Å². The zero-order valence-electron chi connectivity index (χ0n) is 10.7. The topological polar surface area (TPSA) is 38.7 Å². The van der Waals surface area contributed by atoms with E-state index >= 15 is 0 Å². The number of rotatable bonds is 2. The van der Waals surface area contributed by atoms with Crippen LogP contribution in [0.4, 0.5) is 0 Å². The second kappa shape index (κ2) is 5.33. The molecule has 0 amide bonds. The maximum atomic E-state index is 5.61. The van der Waals surface area contributed by atoms with Gasteiger partial charge in [0.05, 0.1) is 17.1 Å². The quantitative estimate of drug-likeness (QED) is 0.662. The number of aromatic nitrogens is 3. The van der Waals surface area contributed by atoms with Gasteiger partial charge < -0.3 is 0 Å². The predicted octanol–water partition coefficient (Wildman–Crippen LogP) is 3.19. The van der Waals surface area contributed by atoms with E-state index in [9.17, 15) is 0 Å². The molecule has 3 aromatic rings. The Morgan fingerprint density at radius 3 is 2.05 bits per heavy atom. The summed E-state index contributed by atoms with van der Waals surface area (Å²) in [7, 11) is 0. The summed E-state index contributed by atoms with van der Waals surface area (Å²) >= 11 is 0. The molecule has 20 heavy (non-hydrogen) atoms. The first-order chi connectivity index (χ1) is 9.90. The van der Waals surface area contributed by atoms with Gasteiger partial charge in [0.15, 0.2) is 0 Å². The number of pyridine rings is 3. The summed E-state index contributed by atoms with van der Waals surface area (Å²) < 4.78 is 0. The highest BCUT2D eigenvalue weighted by Crippen LogP contribution is 2.30. The summed E-state index contributed by atoms with van der Waals surface area (Å²) in [5, 5.41) is 0. The standard InChI is InChI=1S/C17H11N3/c1-2-13-9-12-20-17(15-8-4-6-11-19-15)16(13)14-7-3-5-10-18-14/h1,3-12H. The van der Waals surface area contributed by atoms with E-state index in [1.807, 2.05) is 42.5 Å². The number of nitrogens with zero attached hydrogens (tertiary/aromatic N) is 3. The normalized spacial score (nSPS) is 9.95. The van der Waals surface area contributed by atoms with Crippen molar-refractivity contribution in [2.45, 2.75) is 0 Å². The lowest BCUT2D eigenvalue weighted by Crippen LogP contribution is -1.96. The molecule has 94 valence electrons. The average molecular weight is 257 g/mol. The molecule has 0 radical (unpaired) electrons. The van der Waals surface area contributed by atoms with Crippen LogP contribution in [-0.4, -0.2) is 15.0 Å². The Labute approximate surface area is 117 Å². The van der Waals surface area contributed by atoms with Gasteiger partial charge in [0.2, 0.25) is 0 Å². The van der Waals surface area contributed by atoms with Crippen LogP contribution in [0.2, 0.25) is 0 Å². The van der Waals surface area contributed by atoms with E-state index < -0.39 is 0 Å². The third-order valence-electron chi connectivity index (χ3n) is 2.94. The minimum absolute atomic E-state index is 0.750. The van der Waals surface area contributed by atoms with Gasteiger partial charge >= 0.3 is 0 Å². The summed E-state index contributed by atoms with van der Waals surface area (Å²) in [6, 6.07) is 13.2. The molecule has 0 N–H and O–H groups in total. The fraction of sp³-hybridized carbons (Fsp3) is 0. The van der Waals surface area contributed by atoms with Crippen molar-refractivity contribution in [2.24, 2.45) is 0 Å². The molecule has 0 aliphatic rings. The van der Waals surface area contributed by atoms with Gasteiger partial charge in [-0.3, -0.25) is 15.0 Å². The van der Waals surface area contributed by atoms with Gasteiger partial charge in [-0.2, -0.15) is 0 Å². The van der Waals surface area contributed by atoms with E-state index in [0.29, 0.717) is 0 Å². The van der Waals surface area contributed by atoms with Crippen molar-refractivity contribution in [1.29, 1.82) is 0 Å². The van der Waals surface area contributed by atoms with Crippen molar-refractivity contribution < 1.29 is 0 Å². The van der Waals surface area contributed by atoms with Crippen LogP contribution in [0.3, 0.4) is 0 Å². The van der Waals surface area contributed by atoms with Crippen LogP contribution in [0.5, 0.6) is 0 Å². The van der Waals surface area contributed by atoms with E-state index in [-0.39, 0.29) is 0 Å². The number of terminal acetylenes is 1. The lowest BCUT2D eigenvalue weighted by atomic mass is 10.0. The van der Waals surface area contributed by atoms with Gasteiger partial charge in [-0.05, 0) is 30.3 Å². The Bertz CT molecular complexity index is 759. The Morgan fingerprint density at radius 1 is 0.750 bits per heavy atom. The smallest absolute Gasteiger partial charge is 0.0992 e. The van der Waals surface area contributed by atoms with Crippen molar-refractivity contribution in [1.82, 2.24) is 15.0 Å². The van der Waals surface area contributed by atoms with Crippen LogP contribution in [0.25, 0.3) is 22.6 Å². The second-order valence-corrected chi connectivity index (χ2v) is 4.16. The highest BCUT2D eigenvalue weighted by molar-refractivity contribution is 5.81. The molecule has 0 aliphatic heterocycles. The lowest BCUT2D eigenvalue weighted by Gasteiger charge is -2.09. The highest BCUT2D eigenvalue weighted by atomic mass is 14.8. The van der Waals surface area contributed by atoms with Crippen molar-refractivity contribution in [3.05, 3.63) is 66.6 Å².